The topological polar surface area (TPSA) is 43.4 Å². The van der Waals surface area contributed by atoms with Gasteiger partial charge in [-0.05, 0) is 30.9 Å². The molecule has 5 heteroatoms. The number of rotatable bonds is 4. The van der Waals surface area contributed by atoms with Crippen LogP contribution in [-0.4, -0.2) is 12.3 Å². The Morgan fingerprint density at radius 1 is 1.32 bits per heavy atom. The zero-order valence-corrected chi connectivity index (χ0v) is 11.8. The number of halogens is 2. The molecule has 1 fully saturated rings. The molecule has 0 unspecified atom stereocenters. The Bertz CT molecular complexity index is 494. The highest BCUT2D eigenvalue weighted by atomic mass is 35.5. The van der Waals surface area contributed by atoms with Gasteiger partial charge in [-0.2, -0.15) is 0 Å². The number of carbonyl (C=O) groups is 2. The first-order valence-corrected chi connectivity index (χ1v) is 7.00. The lowest BCUT2D eigenvalue weighted by atomic mass is 10.0. The molecule has 0 atom stereocenters. The van der Waals surface area contributed by atoms with Crippen LogP contribution in [0.2, 0.25) is 10.0 Å². The fourth-order valence-corrected chi connectivity index (χ4v) is 2.93. The van der Waals surface area contributed by atoms with E-state index in [0.717, 1.165) is 12.8 Å². The van der Waals surface area contributed by atoms with Crippen molar-refractivity contribution in [2.45, 2.75) is 32.1 Å². The summed E-state index contributed by atoms with van der Waals surface area (Å²) < 4.78 is 5.22. The van der Waals surface area contributed by atoms with Crippen molar-refractivity contribution in [1.82, 2.24) is 0 Å². The summed E-state index contributed by atoms with van der Waals surface area (Å²) in [7, 11) is 0. The SMILES string of the molecule is O=Cc1cc(Cl)cc(Cl)c1OC(=O)CC1CCCC1. The van der Waals surface area contributed by atoms with Gasteiger partial charge < -0.3 is 4.74 Å². The lowest BCUT2D eigenvalue weighted by Gasteiger charge is -2.11. The first kappa shape index (κ1) is 14.4. The number of esters is 1. The van der Waals surface area contributed by atoms with Crippen molar-refractivity contribution in [3.05, 3.63) is 27.7 Å². The Balaban J connectivity index is 2.09. The Kier molecular flexibility index (Phi) is 4.83. The van der Waals surface area contributed by atoms with Gasteiger partial charge in [0.15, 0.2) is 12.0 Å². The Morgan fingerprint density at radius 3 is 2.63 bits per heavy atom. The van der Waals surface area contributed by atoms with E-state index in [1.165, 1.54) is 25.0 Å². The Hall–Kier alpha value is -1.06. The fraction of sp³-hybridized carbons (Fsp3) is 0.429. The average Bonchev–Trinajstić information content (AvgIpc) is 2.85. The summed E-state index contributed by atoms with van der Waals surface area (Å²) in [4.78, 5) is 22.8. The summed E-state index contributed by atoms with van der Waals surface area (Å²) in [6.07, 6.45) is 5.40. The number of benzene rings is 1. The second-order valence-electron chi connectivity index (χ2n) is 4.75. The number of ether oxygens (including phenoxy) is 1. The second kappa shape index (κ2) is 6.40. The summed E-state index contributed by atoms with van der Waals surface area (Å²) in [5.41, 5.74) is 0.192. The molecule has 1 aromatic rings. The van der Waals surface area contributed by atoms with E-state index in [0.29, 0.717) is 23.6 Å². The molecule has 1 aromatic carbocycles. The molecule has 3 nitrogen and oxygen atoms in total. The smallest absolute Gasteiger partial charge is 0.311 e. The summed E-state index contributed by atoms with van der Waals surface area (Å²) in [6.45, 7) is 0. The van der Waals surface area contributed by atoms with Gasteiger partial charge in [0.05, 0.1) is 10.6 Å². The van der Waals surface area contributed by atoms with Gasteiger partial charge in [-0.15, -0.1) is 0 Å². The predicted molar refractivity (Wildman–Crippen MR) is 74.1 cm³/mol. The first-order chi connectivity index (χ1) is 9.10. The molecule has 1 aliphatic carbocycles. The van der Waals surface area contributed by atoms with Crippen molar-refractivity contribution in [3.63, 3.8) is 0 Å². The van der Waals surface area contributed by atoms with Crippen LogP contribution >= 0.6 is 23.2 Å². The highest BCUT2D eigenvalue weighted by molar-refractivity contribution is 6.36. The van der Waals surface area contributed by atoms with E-state index in [9.17, 15) is 9.59 Å². The minimum Gasteiger partial charge on any atom is -0.424 e. The normalized spacial score (nSPS) is 15.5. The Labute approximate surface area is 121 Å². The molecular formula is C14H14Cl2O3. The van der Waals surface area contributed by atoms with Crippen LogP contribution in [0.3, 0.4) is 0 Å². The molecule has 0 heterocycles. The lowest BCUT2D eigenvalue weighted by Crippen LogP contribution is -2.13. The summed E-state index contributed by atoms with van der Waals surface area (Å²) in [5, 5.41) is 0.511. The number of carbonyl (C=O) groups excluding carboxylic acids is 2. The fourth-order valence-electron chi connectivity index (χ4n) is 2.38. The lowest BCUT2D eigenvalue weighted by molar-refractivity contribution is -0.135. The van der Waals surface area contributed by atoms with Crippen LogP contribution in [0.25, 0.3) is 0 Å². The summed E-state index contributed by atoms with van der Waals surface area (Å²) >= 11 is 11.7. The molecular weight excluding hydrogens is 287 g/mol. The third kappa shape index (κ3) is 3.71. The molecule has 0 N–H and O–H groups in total. The molecule has 0 bridgehead atoms. The molecule has 0 radical (unpaired) electrons. The van der Waals surface area contributed by atoms with Gasteiger partial charge in [0.25, 0.3) is 0 Å². The van der Waals surface area contributed by atoms with E-state index in [-0.39, 0.29) is 22.3 Å². The minimum atomic E-state index is -0.348. The zero-order valence-electron chi connectivity index (χ0n) is 10.3. The van der Waals surface area contributed by atoms with Crippen molar-refractivity contribution in [2.24, 2.45) is 5.92 Å². The molecule has 19 heavy (non-hydrogen) atoms. The van der Waals surface area contributed by atoms with Crippen molar-refractivity contribution in [3.8, 4) is 5.75 Å². The third-order valence-electron chi connectivity index (χ3n) is 3.31. The van der Waals surface area contributed by atoms with Gasteiger partial charge in [-0.25, -0.2) is 0 Å². The first-order valence-electron chi connectivity index (χ1n) is 6.25. The maximum atomic E-state index is 11.8. The van der Waals surface area contributed by atoms with Gasteiger partial charge >= 0.3 is 5.97 Å². The molecule has 0 amide bonds. The van der Waals surface area contributed by atoms with Gasteiger partial charge in [-0.3, -0.25) is 9.59 Å². The van der Waals surface area contributed by atoms with Crippen LogP contribution in [-0.2, 0) is 4.79 Å². The van der Waals surface area contributed by atoms with Crippen molar-refractivity contribution in [2.75, 3.05) is 0 Å². The molecule has 0 saturated heterocycles. The number of hydrogen-bond donors (Lipinski definition) is 0. The van der Waals surface area contributed by atoms with E-state index >= 15 is 0 Å². The number of aldehydes is 1. The van der Waals surface area contributed by atoms with Crippen LogP contribution in [0.5, 0.6) is 5.75 Å². The van der Waals surface area contributed by atoms with E-state index < -0.39 is 0 Å². The quantitative estimate of drug-likeness (QED) is 0.473. The molecule has 2 rings (SSSR count). The molecule has 0 spiro atoms. The van der Waals surface area contributed by atoms with Crippen LogP contribution in [0.1, 0.15) is 42.5 Å². The maximum Gasteiger partial charge on any atom is 0.311 e. The van der Waals surface area contributed by atoms with Crippen LogP contribution < -0.4 is 4.74 Å². The van der Waals surface area contributed by atoms with Gasteiger partial charge in [0.2, 0.25) is 0 Å². The second-order valence-corrected chi connectivity index (χ2v) is 5.60. The Morgan fingerprint density at radius 2 is 2.00 bits per heavy atom. The van der Waals surface area contributed by atoms with Crippen LogP contribution in [0, 0.1) is 5.92 Å². The van der Waals surface area contributed by atoms with Gasteiger partial charge in [0.1, 0.15) is 0 Å². The van der Waals surface area contributed by atoms with Crippen molar-refractivity contribution >= 4 is 35.5 Å². The monoisotopic (exact) mass is 300 g/mol. The molecule has 0 aromatic heterocycles. The molecule has 0 aliphatic heterocycles. The van der Waals surface area contributed by atoms with Crippen LogP contribution in [0.4, 0.5) is 0 Å². The standard InChI is InChI=1S/C14H14Cl2O3/c15-11-6-10(8-17)14(12(16)7-11)19-13(18)5-9-3-1-2-4-9/h6-9H,1-5H2. The van der Waals surface area contributed by atoms with Crippen LogP contribution in [0.15, 0.2) is 12.1 Å². The highest BCUT2D eigenvalue weighted by Gasteiger charge is 2.21. The summed E-state index contributed by atoms with van der Waals surface area (Å²) in [5.74, 6) is 0.140. The van der Waals surface area contributed by atoms with Crippen molar-refractivity contribution < 1.29 is 14.3 Å². The molecule has 102 valence electrons. The van der Waals surface area contributed by atoms with Gasteiger partial charge in [0, 0.05) is 11.4 Å². The van der Waals surface area contributed by atoms with E-state index in [2.05, 4.69) is 0 Å². The predicted octanol–water partition coefficient (Wildman–Crippen LogP) is 4.29. The van der Waals surface area contributed by atoms with Gasteiger partial charge in [-0.1, -0.05) is 36.0 Å². The van der Waals surface area contributed by atoms with E-state index in [4.69, 9.17) is 27.9 Å². The highest BCUT2D eigenvalue weighted by Crippen LogP contribution is 2.33. The minimum absolute atomic E-state index is 0.101. The van der Waals surface area contributed by atoms with E-state index in [1.807, 2.05) is 0 Å². The average molecular weight is 301 g/mol. The number of hydrogen-bond acceptors (Lipinski definition) is 3. The van der Waals surface area contributed by atoms with E-state index in [1.54, 1.807) is 0 Å². The molecule has 1 saturated carbocycles. The maximum absolute atomic E-state index is 11.8. The molecule has 1 aliphatic rings. The zero-order chi connectivity index (χ0) is 13.8. The largest absolute Gasteiger partial charge is 0.424 e. The third-order valence-corrected chi connectivity index (χ3v) is 3.81. The summed E-state index contributed by atoms with van der Waals surface area (Å²) in [6, 6.07) is 2.88. The van der Waals surface area contributed by atoms with Crippen molar-refractivity contribution in [1.29, 1.82) is 0 Å².